The van der Waals surface area contributed by atoms with Crippen LogP contribution in [-0.4, -0.2) is 53.9 Å². The number of methoxy groups -OCH3 is 1. The van der Waals surface area contributed by atoms with Gasteiger partial charge in [-0.1, -0.05) is 18.2 Å². The molecule has 2 aliphatic heterocycles. The van der Waals surface area contributed by atoms with Gasteiger partial charge in [-0.25, -0.2) is 4.79 Å². The summed E-state index contributed by atoms with van der Waals surface area (Å²) in [7, 11) is 3.34. The third-order valence-electron chi connectivity index (χ3n) is 5.10. The highest BCUT2D eigenvalue weighted by atomic mass is 32.1. The molecular weight excluding hydrogens is 314 g/mol. The molecule has 124 valence electrons. The number of esters is 2. The summed E-state index contributed by atoms with van der Waals surface area (Å²) in [5, 5.41) is 0. The van der Waals surface area contributed by atoms with E-state index in [1.807, 2.05) is 13.1 Å². The van der Waals surface area contributed by atoms with Gasteiger partial charge in [-0.2, -0.15) is 12.6 Å². The molecule has 1 aromatic carbocycles. The van der Waals surface area contributed by atoms with Gasteiger partial charge < -0.3 is 9.47 Å². The topological polar surface area (TPSA) is 55.8 Å². The number of thiol groups is 1. The van der Waals surface area contributed by atoms with Crippen LogP contribution >= 0.6 is 12.6 Å². The molecule has 0 radical (unpaired) electrons. The summed E-state index contributed by atoms with van der Waals surface area (Å²) in [4.78, 5) is 27.0. The van der Waals surface area contributed by atoms with Crippen LogP contribution in [0, 0.1) is 0 Å². The van der Waals surface area contributed by atoms with Crippen molar-refractivity contribution in [2.45, 2.75) is 42.2 Å². The maximum absolute atomic E-state index is 12.4. The Morgan fingerprint density at radius 3 is 2.61 bits per heavy atom. The molecule has 2 bridgehead atoms. The van der Waals surface area contributed by atoms with E-state index in [1.165, 1.54) is 7.11 Å². The molecule has 0 saturated carbocycles. The molecule has 2 fully saturated rings. The van der Waals surface area contributed by atoms with Gasteiger partial charge in [0.15, 0.2) is 4.75 Å². The van der Waals surface area contributed by atoms with E-state index in [-0.39, 0.29) is 6.04 Å². The molecule has 2 saturated heterocycles. The molecule has 0 aliphatic carbocycles. The van der Waals surface area contributed by atoms with Crippen molar-refractivity contribution in [1.82, 2.24) is 4.90 Å². The average Bonchev–Trinajstić information content (AvgIpc) is 2.86. The second-order valence-electron chi connectivity index (χ2n) is 6.23. The van der Waals surface area contributed by atoms with Crippen molar-refractivity contribution in [1.29, 1.82) is 0 Å². The Morgan fingerprint density at radius 2 is 1.96 bits per heavy atom. The first kappa shape index (κ1) is 16.3. The summed E-state index contributed by atoms with van der Waals surface area (Å²) in [6.07, 6.45) is 1.81. The number of benzene rings is 1. The van der Waals surface area contributed by atoms with E-state index >= 15 is 0 Å². The molecular formula is C17H21NO4S. The maximum atomic E-state index is 12.4. The van der Waals surface area contributed by atoms with Crippen molar-refractivity contribution in [3.63, 3.8) is 0 Å². The monoisotopic (exact) mass is 335 g/mol. The molecule has 0 aromatic heterocycles. The number of nitrogens with zero attached hydrogens (tertiary/aromatic N) is 1. The molecule has 3 rings (SSSR count). The van der Waals surface area contributed by atoms with Crippen LogP contribution in [0.5, 0.6) is 0 Å². The Labute approximate surface area is 141 Å². The van der Waals surface area contributed by atoms with Crippen molar-refractivity contribution < 1.29 is 19.1 Å². The zero-order valence-corrected chi connectivity index (χ0v) is 14.2. The summed E-state index contributed by atoms with van der Waals surface area (Å²) >= 11 is 4.67. The highest BCUT2D eigenvalue weighted by Crippen LogP contribution is 2.46. The summed E-state index contributed by atoms with van der Waals surface area (Å²) in [6.45, 7) is 0. The first-order valence-corrected chi connectivity index (χ1v) is 8.22. The zero-order chi connectivity index (χ0) is 16.6. The molecule has 0 unspecified atom stereocenters. The zero-order valence-electron chi connectivity index (χ0n) is 13.3. The molecule has 4 atom stereocenters. The van der Waals surface area contributed by atoms with Crippen LogP contribution in [0.1, 0.15) is 29.6 Å². The number of ether oxygens (including phenoxy) is 2. The van der Waals surface area contributed by atoms with Gasteiger partial charge in [0.2, 0.25) is 0 Å². The number of carbonyl (C=O) groups excluding carboxylic acids is 2. The van der Waals surface area contributed by atoms with Crippen molar-refractivity contribution in [3.8, 4) is 0 Å². The summed E-state index contributed by atoms with van der Waals surface area (Å²) < 4.78 is 9.54. The SMILES string of the molecule is COC(=O)[C@]1(S)[C@@H](OC(=O)c2ccccc2)C[C@H]2CC[C@@H]1N2C. The third-order valence-corrected chi connectivity index (χ3v) is 5.87. The number of piperidine rings is 1. The fourth-order valence-corrected chi connectivity index (χ4v) is 4.37. The van der Waals surface area contributed by atoms with Crippen LogP contribution in [0.15, 0.2) is 30.3 Å². The highest BCUT2D eigenvalue weighted by Gasteiger charge is 2.60. The van der Waals surface area contributed by atoms with Gasteiger partial charge >= 0.3 is 11.9 Å². The Hall–Kier alpha value is -1.53. The molecule has 6 heteroatoms. The third kappa shape index (κ3) is 2.64. The highest BCUT2D eigenvalue weighted by molar-refractivity contribution is 7.82. The maximum Gasteiger partial charge on any atom is 0.338 e. The van der Waals surface area contributed by atoms with Crippen molar-refractivity contribution in [3.05, 3.63) is 35.9 Å². The summed E-state index contributed by atoms with van der Waals surface area (Å²) in [6, 6.07) is 9.01. The van der Waals surface area contributed by atoms with Gasteiger partial charge in [0.25, 0.3) is 0 Å². The number of fused-ring (bicyclic) bond motifs is 2. The average molecular weight is 335 g/mol. The predicted octanol–water partition coefficient (Wildman–Crippen LogP) is 1.92. The predicted molar refractivity (Wildman–Crippen MR) is 88.6 cm³/mol. The van der Waals surface area contributed by atoms with Crippen LogP contribution in [-0.2, 0) is 14.3 Å². The van der Waals surface area contributed by atoms with Crippen molar-refractivity contribution in [2.75, 3.05) is 14.2 Å². The van der Waals surface area contributed by atoms with E-state index in [1.54, 1.807) is 24.3 Å². The standard InChI is InChI=1S/C17H21NO4S/c1-18-12-8-9-13(18)17(23,16(20)21-2)14(10-12)22-15(19)11-6-4-3-5-7-11/h3-7,12-14,23H,8-10H2,1-2H3/t12-,13+,14+,17-/m1/s1. The number of hydrogen-bond donors (Lipinski definition) is 1. The van der Waals surface area contributed by atoms with Crippen LogP contribution in [0.3, 0.4) is 0 Å². The van der Waals surface area contributed by atoms with Crippen LogP contribution < -0.4 is 0 Å². The second kappa shape index (κ2) is 6.17. The lowest BCUT2D eigenvalue weighted by Crippen LogP contribution is -2.64. The smallest absolute Gasteiger partial charge is 0.338 e. The van der Waals surface area contributed by atoms with Gasteiger partial charge in [0.05, 0.1) is 12.7 Å². The number of hydrogen-bond acceptors (Lipinski definition) is 6. The molecule has 0 spiro atoms. The van der Waals surface area contributed by atoms with E-state index in [0.717, 1.165) is 12.8 Å². The lowest BCUT2D eigenvalue weighted by Gasteiger charge is -2.46. The number of rotatable bonds is 3. The van der Waals surface area contributed by atoms with Gasteiger partial charge in [-0.15, -0.1) is 0 Å². The molecule has 2 aliphatic rings. The Balaban J connectivity index is 1.87. The number of carbonyl (C=O) groups is 2. The lowest BCUT2D eigenvalue weighted by molar-refractivity contribution is -0.151. The minimum absolute atomic E-state index is 0.0920. The minimum Gasteiger partial charge on any atom is -0.468 e. The van der Waals surface area contributed by atoms with Crippen molar-refractivity contribution in [2.24, 2.45) is 0 Å². The van der Waals surface area contributed by atoms with Crippen LogP contribution in [0.4, 0.5) is 0 Å². The fourth-order valence-electron chi connectivity index (χ4n) is 3.81. The molecule has 5 nitrogen and oxygen atoms in total. The molecule has 0 amide bonds. The van der Waals surface area contributed by atoms with Gasteiger partial charge in [-0.3, -0.25) is 9.69 Å². The normalized spacial score (nSPS) is 33.3. The lowest BCUT2D eigenvalue weighted by atomic mass is 9.86. The van der Waals surface area contributed by atoms with Gasteiger partial charge in [-0.05, 0) is 32.0 Å². The first-order chi connectivity index (χ1) is 11.0. The Kier molecular flexibility index (Phi) is 4.38. The van der Waals surface area contributed by atoms with Crippen molar-refractivity contribution >= 4 is 24.6 Å². The Bertz CT molecular complexity index is 608. The van der Waals surface area contributed by atoms with Gasteiger partial charge in [0.1, 0.15) is 6.10 Å². The fraction of sp³-hybridized carbons (Fsp3) is 0.529. The largest absolute Gasteiger partial charge is 0.468 e. The quantitative estimate of drug-likeness (QED) is 0.676. The van der Waals surface area contributed by atoms with E-state index in [0.29, 0.717) is 18.0 Å². The molecule has 2 heterocycles. The molecule has 1 aromatic rings. The summed E-state index contributed by atoms with van der Waals surface area (Å²) in [5.41, 5.74) is 0.472. The van der Waals surface area contributed by atoms with Gasteiger partial charge in [0, 0.05) is 18.5 Å². The van der Waals surface area contributed by atoms with E-state index in [2.05, 4.69) is 17.5 Å². The van der Waals surface area contributed by atoms with Crippen LogP contribution in [0.2, 0.25) is 0 Å². The van der Waals surface area contributed by atoms with E-state index in [9.17, 15) is 9.59 Å². The first-order valence-electron chi connectivity index (χ1n) is 7.77. The summed E-state index contributed by atoms with van der Waals surface area (Å²) in [5.74, 6) is -0.870. The second-order valence-corrected chi connectivity index (χ2v) is 6.97. The molecule has 23 heavy (non-hydrogen) atoms. The minimum atomic E-state index is -1.14. The van der Waals surface area contributed by atoms with E-state index < -0.39 is 22.8 Å². The van der Waals surface area contributed by atoms with E-state index in [4.69, 9.17) is 9.47 Å². The molecule has 0 N–H and O–H groups in total. The Morgan fingerprint density at radius 1 is 1.26 bits per heavy atom. The van der Waals surface area contributed by atoms with Crippen LogP contribution in [0.25, 0.3) is 0 Å².